The van der Waals surface area contributed by atoms with Gasteiger partial charge in [-0.1, -0.05) is 6.07 Å². The number of aromatic nitrogens is 2. The zero-order valence-corrected chi connectivity index (χ0v) is 12.5. The minimum Gasteiger partial charge on any atom is -0.481 e. The molecule has 1 unspecified atom stereocenters. The molecule has 0 aromatic carbocycles. The van der Waals surface area contributed by atoms with E-state index in [0.29, 0.717) is 5.88 Å². The van der Waals surface area contributed by atoms with Gasteiger partial charge in [-0.05, 0) is 18.2 Å². The lowest BCUT2D eigenvalue weighted by Crippen LogP contribution is -2.32. The normalized spacial score (nSPS) is 19.0. The first kappa shape index (κ1) is 14.1. The molecule has 0 fully saturated rings. The average Bonchev–Trinajstić information content (AvgIpc) is 2.86. The van der Waals surface area contributed by atoms with Crippen LogP contribution in [0.5, 0.6) is 5.88 Å². The fraction of sp³-hybridized carbons (Fsp3) is 0.438. The van der Waals surface area contributed by atoms with Gasteiger partial charge in [0.15, 0.2) is 0 Å². The van der Waals surface area contributed by atoms with Crippen molar-refractivity contribution in [3.63, 3.8) is 0 Å². The van der Waals surface area contributed by atoms with Crippen molar-refractivity contribution >= 4 is 0 Å². The third kappa shape index (κ3) is 3.09. The van der Waals surface area contributed by atoms with Crippen LogP contribution in [0.1, 0.15) is 11.3 Å². The predicted molar refractivity (Wildman–Crippen MR) is 80.1 cm³/mol. The molecule has 0 radical (unpaired) electrons. The van der Waals surface area contributed by atoms with E-state index in [-0.39, 0.29) is 6.10 Å². The highest BCUT2D eigenvalue weighted by Gasteiger charge is 2.22. The highest BCUT2D eigenvalue weighted by molar-refractivity contribution is 5.25. The molecule has 3 rings (SSSR count). The summed E-state index contributed by atoms with van der Waals surface area (Å²) in [4.78, 5) is 6.66. The molecular weight excluding hydrogens is 266 g/mol. The van der Waals surface area contributed by atoms with Gasteiger partial charge in [0, 0.05) is 56.9 Å². The van der Waals surface area contributed by atoms with Gasteiger partial charge in [-0.15, -0.1) is 0 Å². The Morgan fingerprint density at radius 3 is 2.95 bits per heavy atom. The monoisotopic (exact) mass is 287 g/mol. The first-order chi connectivity index (χ1) is 10.3. The Balaban J connectivity index is 1.81. The van der Waals surface area contributed by atoms with Gasteiger partial charge in [-0.2, -0.15) is 0 Å². The standard InChI is InChI=1S/C16H21N3O2/c1-20-15-11-18(10-14-6-4-8-19(14)12-15)9-13-5-3-7-17-16(13)21-2/h3-8,15H,9-12H2,1-2H3. The van der Waals surface area contributed by atoms with Crippen molar-refractivity contribution in [3.05, 3.63) is 47.9 Å². The van der Waals surface area contributed by atoms with Crippen LogP contribution in [0.3, 0.4) is 0 Å². The molecule has 1 aliphatic rings. The lowest BCUT2D eigenvalue weighted by atomic mass is 10.2. The van der Waals surface area contributed by atoms with Crippen LogP contribution in [0.25, 0.3) is 0 Å². The third-order valence-electron chi connectivity index (χ3n) is 3.94. The molecule has 5 heteroatoms. The molecule has 21 heavy (non-hydrogen) atoms. The molecule has 0 amide bonds. The quantitative estimate of drug-likeness (QED) is 0.861. The van der Waals surface area contributed by atoms with Gasteiger partial charge < -0.3 is 14.0 Å². The van der Waals surface area contributed by atoms with Crippen LogP contribution in [0.2, 0.25) is 0 Å². The fourth-order valence-corrected chi connectivity index (χ4v) is 2.87. The molecule has 0 saturated heterocycles. The van der Waals surface area contributed by atoms with Crippen LogP contribution >= 0.6 is 0 Å². The van der Waals surface area contributed by atoms with Crippen LogP contribution in [-0.2, 0) is 24.4 Å². The highest BCUT2D eigenvalue weighted by Crippen LogP contribution is 2.21. The minimum absolute atomic E-state index is 0.196. The molecule has 0 N–H and O–H groups in total. The maximum atomic E-state index is 5.61. The minimum atomic E-state index is 0.196. The van der Waals surface area contributed by atoms with Crippen molar-refractivity contribution in [1.82, 2.24) is 14.5 Å². The third-order valence-corrected chi connectivity index (χ3v) is 3.94. The second-order valence-corrected chi connectivity index (χ2v) is 5.35. The topological polar surface area (TPSA) is 39.5 Å². The average molecular weight is 287 g/mol. The molecule has 2 aromatic heterocycles. The van der Waals surface area contributed by atoms with Gasteiger partial charge in [-0.3, -0.25) is 4.90 Å². The van der Waals surface area contributed by atoms with Crippen LogP contribution in [-0.4, -0.2) is 41.3 Å². The summed E-state index contributed by atoms with van der Waals surface area (Å²) >= 11 is 0. The van der Waals surface area contributed by atoms with E-state index in [1.165, 1.54) is 5.69 Å². The maximum absolute atomic E-state index is 5.61. The van der Waals surface area contributed by atoms with Crippen molar-refractivity contribution in [3.8, 4) is 5.88 Å². The Kier molecular flexibility index (Phi) is 4.22. The van der Waals surface area contributed by atoms with Crippen LogP contribution in [0, 0.1) is 0 Å². The number of hydrogen-bond donors (Lipinski definition) is 0. The smallest absolute Gasteiger partial charge is 0.217 e. The van der Waals surface area contributed by atoms with E-state index in [0.717, 1.165) is 31.7 Å². The summed E-state index contributed by atoms with van der Waals surface area (Å²) < 4.78 is 13.2. The molecule has 2 aromatic rings. The Hall–Kier alpha value is -1.85. The molecular formula is C16H21N3O2. The first-order valence-electron chi connectivity index (χ1n) is 7.17. The summed E-state index contributed by atoms with van der Waals surface area (Å²) in [7, 11) is 3.44. The molecule has 0 bridgehead atoms. The van der Waals surface area contributed by atoms with Crippen molar-refractivity contribution in [2.75, 3.05) is 20.8 Å². The van der Waals surface area contributed by atoms with E-state index in [1.807, 2.05) is 6.07 Å². The van der Waals surface area contributed by atoms with E-state index < -0.39 is 0 Å². The van der Waals surface area contributed by atoms with Crippen molar-refractivity contribution in [2.24, 2.45) is 0 Å². The molecule has 5 nitrogen and oxygen atoms in total. The summed E-state index contributed by atoms with van der Waals surface area (Å²) in [6.45, 7) is 3.52. The Morgan fingerprint density at radius 2 is 2.14 bits per heavy atom. The summed E-state index contributed by atoms with van der Waals surface area (Å²) in [6.07, 6.45) is 4.07. The summed E-state index contributed by atoms with van der Waals surface area (Å²) in [5.41, 5.74) is 2.42. The molecule has 0 spiro atoms. The van der Waals surface area contributed by atoms with Gasteiger partial charge >= 0.3 is 0 Å². The number of ether oxygens (including phenoxy) is 2. The number of methoxy groups -OCH3 is 2. The van der Waals surface area contributed by atoms with E-state index >= 15 is 0 Å². The molecule has 1 aliphatic heterocycles. The van der Waals surface area contributed by atoms with Gasteiger partial charge in [0.1, 0.15) is 0 Å². The van der Waals surface area contributed by atoms with Gasteiger partial charge in [-0.25, -0.2) is 4.98 Å². The fourth-order valence-electron chi connectivity index (χ4n) is 2.87. The van der Waals surface area contributed by atoms with E-state index in [2.05, 4.69) is 38.8 Å². The first-order valence-corrected chi connectivity index (χ1v) is 7.17. The van der Waals surface area contributed by atoms with Crippen LogP contribution in [0.15, 0.2) is 36.7 Å². The highest BCUT2D eigenvalue weighted by atomic mass is 16.5. The SMILES string of the molecule is COc1ncccc1CN1Cc2cccn2CC(OC)C1. The van der Waals surface area contributed by atoms with E-state index in [4.69, 9.17) is 9.47 Å². The van der Waals surface area contributed by atoms with Crippen LogP contribution in [0.4, 0.5) is 0 Å². The Labute approximate surface area is 125 Å². The second-order valence-electron chi connectivity index (χ2n) is 5.35. The van der Waals surface area contributed by atoms with Crippen LogP contribution < -0.4 is 4.74 Å². The maximum Gasteiger partial charge on any atom is 0.217 e. The molecule has 1 atom stereocenters. The van der Waals surface area contributed by atoms with E-state index in [1.54, 1.807) is 20.4 Å². The summed E-state index contributed by atoms with van der Waals surface area (Å²) in [5.74, 6) is 0.700. The lowest BCUT2D eigenvalue weighted by Gasteiger charge is -2.23. The molecule has 3 heterocycles. The van der Waals surface area contributed by atoms with E-state index in [9.17, 15) is 0 Å². The number of nitrogens with zero attached hydrogens (tertiary/aromatic N) is 3. The number of hydrogen-bond acceptors (Lipinski definition) is 4. The van der Waals surface area contributed by atoms with Gasteiger partial charge in [0.25, 0.3) is 0 Å². The number of fused-ring (bicyclic) bond motifs is 1. The lowest BCUT2D eigenvalue weighted by molar-refractivity contribution is 0.0563. The zero-order chi connectivity index (χ0) is 14.7. The van der Waals surface area contributed by atoms with Crippen molar-refractivity contribution in [2.45, 2.75) is 25.7 Å². The van der Waals surface area contributed by atoms with Gasteiger partial charge in [0.05, 0.1) is 13.2 Å². The molecule has 0 saturated carbocycles. The molecule has 112 valence electrons. The Morgan fingerprint density at radius 1 is 1.24 bits per heavy atom. The van der Waals surface area contributed by atoms with Crippen molar-refractivity contribution in [1.29, 1.82) is 0 Å². The van der Waals surface area contributed by atoms with Gasteiger partial charge in [0.2, 0.25) is 5.88 Å². The largest absolute Gasteiger partial charge is 0.481 e. The Bertz CT molecular complexity index is 597. The summed E-state index contributed by atoms with van der Waals surface area (Å²) in [6, 6.07) is 8.28. The summed E-state index contributed by atoms with van der Waals surface area (Å²) in [5, 5.41) is 0. The second kappa shape index (κ2) is 6.28. The zero-order valence-electron chi connectivity index (χ0n) is 12.5. The predicted octanol–water partition coefficient (Wildman–Crippen LogP) is 1.92. The van der Waals surface area contributed by atoms with Crippen molar-refractivity contribution < 1.29 is 9.47 Å². The number of pyridine rings is 1. The number of rotatable bonds is 4. The molecule has 0 aliphatic carbocycles.